The third kappa shape index (κ3) is 4.63. The summed E-state index contributed by atoms with van der Waals surface area (Å²) in [5.74, 6) is -0.280. The summed E-state index contributed by atoms with van der Waals surface area (Å²) in [7, 11) is 0. The normalized spacial score (nSPS) is 11.6. The fraction of sp³-hybridized carbons (Fsp3) is 0.222. The Labute approximate surface area is 125 Å². The van der Waals surface area contributed by atoms with Crippen LogP contribution in [0, 0.1) is 12.7 Å². The summed E-state index contributed by atoms with van der Waals surface area (Å²) in [5.41, 5.74) is 3.63. The molecule has 0 aliphatic rings. The smallest absolute Gasteiger partial charge is 0.132 e. The molecule has 0 saturated carbocycles. The van der Waals surface area contributed by atoms with Crippen molar-refractivity contribution < 1.29 is 4.39 Å². The van der Waals surface area contributed by atoms with Crippen LogP contribution in [0.5, 0.6) is 0 Å². The number of hydrogen-bond donors (Lipinski definition) is 0. The van der Waals surface area contributed by atoms with Crippen molar-refractivity contribution in [2.75, 3.05) is 0 Å². The zero-order valence-corrected chi connectivity index (χ0v) is 12.4. The average molecular weight is 282 g/mol. The standard InChI is InChI=1S/C18H19FN2/c1-3-4-15-6-8-16(9-7-15)12-20-21-13-17-10-5-14(2)11-18(17)19/h5-13H,3-4H2,1-2H3. The molecule has 0 heterocycles. The summed E-state index contributed by atoms with van der Waals surface area (Å²) in [6.07, 6.45) is 5.32. The first kappa shape index (κ1) is 15.1. The minimum absolute atomic E-state index is 0.280. The number of nitrogens with zero attached hydrogens (tertiary/aromatic N) is 2. The highest BCUT2D eigenvalue weighted by molar-refractivity contribution is 5.82. The molecule has 0 unspecified atom stereocenters. The molecule has 0 aliphatic heterocycles. The molecule has 3 heteroatoms. The van der Waals surface area contributed by atoms with Crippen LogP contribution in [-0.4, -0.2) is 12.4 Å². The molecule has 0 bridgehead atoms. The fourth-order valence-corrected chi connectivity index (χ4v) is 1.99. The molecule has 0 fully saturated rings. The molecule has 0 saturated heterocycles. The molecular formula is C18H19FN2. The Morgan fingerprint density at radius 3 is 2.38 bits per heavy atom. The molecular weight excluding hydrogens is 263 g/mol. The zero-order chi connectivity index (χ0) is 15.1. The van der Waals surface area contributed by atoms with Gasteiger partial charge in [-0.3, -0.25) is 0 Å². The lowest BCUT2D eigenvalue weighted by Crippen LogP contribution is -1.88. The minimum atomic E-state index is -0.280. The maximum atomic E-state index is 13.6. The van der Waals surface area contributed by atoms with Crippen molar-refractivity contribution in [3.8, 4) is 0 Å². The van der Waals surface area contributed by atoms with Crippen LogP contribution >= 0.6 is 0 Å². The van der Waals surface area contributed by atoms with E-state index in [9.17, 15) is 4.39 Å². The van der Waals surface area contributed by atoms with Crippen molar-refractivity contribution in [1.29, 1.82) is 0 Å². The van der Waals surface area contributed by atoms with Gasteiger partial charge in [-0.25, -0.2) is 4.39 Å². The lowest BCUT2D eigenvalue weighted by molar-refractivity contribution is 0.624. The number of benzene rings is 2. The van der Waals surface area contributed by atoms with E-state index in [1.54, 1.807) is 12.3 Å². The maximum Gasteiger partial charge on any atom is 0.132 e. The predicted octanol–water partition coefficient (Wildman–Crippen LogP) is 4.54. The molecule has 2 nitrogen and oxygen atoms in total. The van der Waals surface area contributed by atoms with Gasteiger partial charge in [-0.05, 0) is 36.1 Å². The van der Waals surface area contributed by atoms with Crippen LogP contribution in [0.3, 0.4) is 0 Å². The van der Waals surface area contributed by atoms with Crippen molar-refractivity contribution in [3.05, 3.63) is 70.5 Å². The van der Waals surface area contributed by atoms with E-state index in [0.717, 1.165) is 24.0 Å². The quantitative estimate of drug-likeness (QED) is 0.568. The van der Waals surface area contributed by atoms with Crippen molar-refractivity contribution in [1.82, 2.24) is 0 Å². The highest BCUT2D eigenvalue weighted by Crippen LogP contribution is 2.08. The van der Waals surface area contributed by atoms with Gasteiger partial charge >= 0.3 is 0 Å². The van der Waals surface area contributed by atoms with E-state index in [-0.39, 0.29) is 5.82 Å². The van der Waals surface area contributed by atoms with Crippen molar-refractivity contribution in [3.63, 3.8) is 0 Å². The van der Waals surface area contributed by atoms with E-state index >= 15 is 0 Å². The molecule has 0 spiro atoms. The lowest BCUT2D eigenvalue weighted by atomic mass is 10.1. The van der Waals surface area contributed by atoms with Gasteiger partial charge in [0.1, 0.15) is 5.82 Å². The van der Waals surface area contributed by atoms with Gasteiger partial charge in [-0.15, -0.1) is 0 Å². The van der Waals surface area contributed by atoms with E-state index < -0.39 is 0 Å². The van der Waals surface area contributed by atoms with Gasteiger partial charge in [0.05, 0.1) is 12.4 Å². The third-order valence-electron chi connectivity index (χ3n) is 3.14. The Hall–Kier alpha value is -2.29. The lowest BCUT2D eigenvalue weighted by Gasteiger charge is -1.98. The molecule has 0 aliphatic carbocycles. The van der Waals surface area contributed by atoms with Crippen molar-refractivity contribution >= 4 is 12.4 Å². The van der Waals surface area contributed by atoms with E-state index in [1.165, 1.54) is 17.8 Å². The minimum Gasteiger partial charge on any atom is -0.206 e. The summed E-state index contributed by atoms with van der Waals surface area (Å²) in [6.45, 7) is 4.01. The Morgan fingerprint density at radius 1 is 1.00 bits per heavy atom. The topological polar surface area (TPSA) is 24.7 Å². The third-order valence-corrected chi connectivity index (χ3v) is 3.14. The first-order valence-corrected chi connectivity index (χ1v) is 7.10. The van der Waals surface area contributed by atoms with Gasteiger partial charge in [-0.1, -0.05) is 49.7 Å². The van der Waals surface area contributed by atoms with Gasteiger partial charge in [0.15, 0.2) is 0 Å². The van der Waals surface area contributed by atoms with Crippen LogP contribution in [0.25, 0.3) is 0 Å². The number of halogens is 1. The summed E-state index contributed by atoms with van der Waals surface area (Å²) >= 11 is 0. The second-order valence-corrected chi connectivity index (χ2v) is 5.01. The molecule has 0 radical (unpaired) electrons. The summed E-state index contributed by atoms with van der Waals surface area (Å²) in [4.78, 5) is 0. The predicted molar refractivity (Wildman–Crippen MR) is 86.8 cm³/mol. The van der Waals surface area contributed by atoms with Gasteiger partial charge in [0.2, 0.25) is 0 Å². The molecule has 0 N–H and O–H groups in total. The summed E-state index contributed by atoms with van der Waals surface area (Å²) in [6, 6.07) is 13.2. The molecule has 0 atom stereocenters. The number of aryl methyl sites for hydroxylation is 2. The Balaban J connectivity index is 1.99. The molecule has 0 aromatic heterocycles. The van der Waals surface area contributed by atoms with Gasteiger partial charge in [0.25, 0.3) is 0 Å². The first-order chi connectivity index (χ1) is 10.2. The number of rotatable bonds is 5. The van der Waals surface area contributed by atoms with Gasteiger partial charge in [-0.2, -0.15) is 10.2 Å². The van der Waals surface area contributed by atoms with Crippen LogP contribution in [-0.2, 0) is 6.42 Å². The Morgan fingerprint density at radius 2 is 1.71 bits per heavy atom. The monoisotopic (exact) mass is 282 g/mol. The largest absolute Gasteiger partial charge is 0.206 e. The van der Waals surface area contributed by atoms with Crippen LogP contribution in [0.2, 0.25) is 0 Å². The average Bonchev–Trinajstić information content (AvgIpc) is 2.47. The molecule has 0 amide bonds. The fourth-order valence-electron chi connectivity index (χ4n) is 1.99. The zero-order valence-electron chi connectivity index (χ0n) is 12.4. The molecule has 21 heavy (non-hydrogen) atoms. The highest BCUT2D eigenvalue weighted by Gasteiger charge is 1.98. The van der Waals surface area contributed by atoms with Crippen molar-refractivity contribution in [2.24, 2.45) is 10.2 Å². The second-order valence-electron chi connectivity index (χ2n) is 5.01. The van der Waals surface area contributed by atoms with Crippen LogP contribution in [0.15, 0.2) is 52.7 Å². The number of hydrogen-bond acceptors (Lipinski definition) is 2. The summed E-state index contributed by atoms with van der Waals surface area (Å²) in [5, 5.41) is 7.84. The molecule has 108 valence electrons. The van der Waals surface area contributed by atoms with E-state index in [0.29, 0.717) is 5.56 Å². The Bertz CT molecular complexity index is 643. The van der Waals surface area contributed by atoms with Crippen molar-refractivity contribution in [2.45, 2.75) is 26.7 Å². The first-order valence-electron chi connectivity index (χ1n) is 7.10. The highest BCUT2D eigenvalue weighted by atomic mass is 19.1. The molecule has 2 aromatic rings. The van der Waals surface area contributed by atoms with E-state index in [1.807, 2.05) is 25.1 Å². The molecule has 2 aromatic carbocycles. The van der Waals surface area contributed by atoms with Crippen LogP contribution in [0.4, 0.5) is 4.39 Å². The van der Waals surface area contributed by atoms with Crippen LogP contribution < -0.4 is 0 Å². The van der Waals surface area contributed by atoms with Crippen LogP contribution in [0.1, 0.15) is 35.6 Å². The molecule has 2 rings (SSSR count). The summed E-state index contributed by atoms with van der Waals surface area (Å²) < 4.78 is 13.6. The SMILES string of the molecule is CCCc1ccc(C=NN=Cc2ccc(C)cc2F)cc1. The Kier molecular flexibility index (Phi) is 5.38. The van der Waals surface area contributed by atoms with E-state index in [2.05, 4.69) is 29.3 Å². The maximum absolute atomic E-state index is 13.6. The second kappa shape index (κ2) is 7.48. The van der Waals surface area contributed by atoms with Gasteiger partial charge < -0.3 is 0 Å². The van der Waals surface area contributed by atoms with Gasteiger partial charge in [0, 0.05) is 5.56 Å². The van der Waals surface area contributed by atoms with E-state index in [4.69, 9.17) is 0 Å².